The Morgan fingerprint density at radius 1 is 0.900 bits per heavy atom. The normalized spacial score (nSPS) is 14.1. The summed E-state index contributed by atoms with van der Waals surface area (Å²) in [6.45, 7) is 1.86. The van der Waals surface area contributed by atoms with Gasteiger partial charge in [0, 0.05) is 29.4 Å². The van der Waals surface area contributed by atoms with Crippen molar-refractivity contribution in [2.24, 2.45) is 5.10 Å². The largest absolute Gasteiger partial charge is 0.341 e. The molecule has 3 aromatic rings. The molecule has 0 amide bonds. The highest BCUT2D eigenvalue weighted by Gasteiger charge is 2.16. The van der Waals surface area contributed by atoms with Gasteiger partial charge in [-0.15, -0.1) is 0 Å². The van der Waals surface area contributed by atoms with Gasteiger partial charge in [0.1, 0.15) is 0 Å². The molecule has 1 aliphatic rings. The summed E-state index contributed by atoms with van der Waals surface area (Å²) in [5, 5.41) is 8.56. The zero-order valence-corrected chi connectivity index (χ0v) is 17.7. The minimum atomic E-state index is 0.352. The van der Waals surface area contributed by atoms with E-state index < -0.39 is 0 Å². The van der Waals surface area contributed by atoms with E-state index in [2.05, 4.69) is 35.7 Å². The van der Waals surface area contributed by atoms with Crippen LogP contribution in [0.15, 0.2) is 53.6 Å². The van der Waals surface area contributed by atoms with Crippen molar-refractivity contribution in [3.05, 3.63) is 64.1 Å². The van der Waals surface area contributed by atoms with Crippen LogP contribution >= 0.6 is 23.2 Å². The molecule has 1 aliphatic heterocycles. The summed E-state index contributed by atoms with van der Waals surface area (Å²) >= 11 is 12.1. The molecule has 0 spiro atoms. The van der Waals surface area contributed by atoms with Crippen LogP contribution in [0.4, 0.5) is 23.5 Å². The molecule has 2 aromatic carbocycles. The zero-order chi connectivity index (χ0) is 20.8. The summed E-state index contributed by atoms with van der Waals surface area (Å²) < 4.78 is 0. The lowest BCUT2D eigenvalue weighted by Gasteiger charge is -2.26. The smallest absolute Gasteiger partial charge is 0.250 e. The van der Waals surface area contributed by atoms with Gasteiger partial charge in [0.25, 0.3) is 0 Å². The molecular formula is C21H21Cl2N7. The van der Waals surface area contributed by atoms with Crippen molar-refractivity contribution in [2.75, 3.05) is 28.7 Å². The molecule has 1 saturated heterocycles. The Labute approximate surface area is 185 Å². The predicted octanol–water partition coefficient (Wildman–Crippen LogP) is 5.36. The number of nitrogens with zero attached hydrogens (tertiary/aromatic N) is 5. The first-order valence-electron chi connectivity index (χ1n) is 9.74. The molecule has 4 rings (SSSR count). The van der Waals surface area contributed by atoms with Gasteiger partial charge in [-0.05, 0) is 43.5 Å². The van der Waals surface area contributed by atoms with Crippen LogP contribution in [0.5, 0.6) is 0 Å². The fourth-order valence-electron chi connectivity index (χ4n) is 3.12. The first kappa shape index (κ1) is 20.4. The molecule has 0 unspecified atom stereocenters. The van der Waals surface area contributed by atoms with Crippen LogP contribution in [0.3, 0.4) is 0 Å². The number of hydrazone groups is 1. The molecular weight excluding hydrogens is 421 g/mol. The minimum Gasteiger partial charge on any atom is -0.341 e. The van der Waals surface area contributed by atoms with Crippen LogP contribution in [-0.4, -0.2) is 34.3 Å². The maximum Gasteiger partial charge on any atom is 0.250 e. The van der Waals surface area contributed by atoms with E-state index in [1.54, 1.807) is 24.4 Å². The van der Waals surface area contributed by atoms with Crippen LogP contribution in [-0.2, 0) is 0 Å². The molecule has 1 fully saturated rings. The van der Waals surface area contributed by atoms with Crippen molar-refractivity contribution < 1.29 is 0 Å². The number of halogens is 2. The maximum atomic E-state index is 6.19. The van der Waals surface area contributed by atoms with Crippen molar-refractivity contribution in [2.45, 2.75) is 19.3 Å². The molecule has 9 heteroatoms. The summed E-state index contributed by atoms with van der Waals surface area (Å²) in [6, 6.07) is 15.0. The number of hydrogen-bond donors (Lipinski definition) is 2. The summed E-state index contributed by atoms with van der Waals surface area (Å²) in [6.07, 6.45) is 5.09. The number of aromatic nitrogens is 3. The number of para-hydroxylation sites is 1. The van der Waals surface area contributed by atoms with Crippen LogP contribution in [0.2, 0.25) is 10.0 Å². The molecule has 2 N–H and O–H groups in total. The first-order valence-corrected chi connectivity index (χ1v) is 10.5. The molecule has 1 aromatic heterocycles. The average Bonchev–Trinajstić information content (AvgIpc) is 2.76. The topological polar surface area (TPSA) is 78.3 Å². The molecule has 0 bridgehead atoms. The van der Waals surface area contributed by atoms with Gasteiger partial charge in [-0.25, -0.2) is 5.43 Å². The molecule has 0 aliphatic carbocycles. The lowest BCUT2D eigenvalue weighted by molar-refractivity contribution is 0.568. The molecule has 154 valence electrons. The van der Waals surface area contributed by atoms with Crippen LogP contribution in [0.25, 0.3) is 0 Å². The average molecular weight is 442 g/mol. The number of hydrogen-bond acceptors (Lipinski definition) is 7. The number of rotatable bonds is 6. The monoisotopic (exact) mass is 441 g/mol. The van der Waals surface area contributed by atoms with Gasteiger partial charge in [-0.3, -0.25) is 0 Å². The predicted molar refractivity (Wildman–Crippen MR) is 123 cm³/mol. The Balaban J connectivity index is 1.57. The summed E-state index contributed by atoms with van der Waals surface area (Å²) in [5.41, 5.74) is 4.53. The van der Waals surface area contributed by atoms with Crippen LogP contribution in [0.1, 0.15) is 24.8 Å². The van der Waals surface area contributed by atoms with E-state index in [0.29, 0.717) is 27.9 Å². The number of anilines is 4. The van der Waals surface area contributed by atoms with Gasteiger partial charge in [0.2, 0.25) is 17.8 Å². The van der Waals surface area contributed by atoms with Crippen LogP contribution < -0.4 is 15.6 Å². The van der Waals surface area contributed by atoms with Gasteiger partial charge < -0.3 is 10.2 Å². The van der Waals surface area contributed by atoms with Gasteiger partial charge in [0.15, 0.2) is 0 Å². The van der Waals surface area contributed by atoms with E-state index in [1.807, 2.05) is 30.3 Å². The van der Waals surface area contributed by atoms with E-state index in [1.165, 1.54) is 6.42 Å². The summed E-state index contributed by atoms with van der Waals surface area (Å²) in [5.74, 6) is 1.44. The second-order valence-corrected chi connectivity index (χ2v) is 7.70. The van der Waals surface area contributed by atoms with Gasteiger partial charge >= 0.3 is 0 Å². The zero-order valence-electron chi connectivity index (χ0n) is 16.2. The highest BCUT2D eigenvalue weighted by Crippen LogP contribution is 2.21. The second kappa shape index (κ2) is 9.73. The van der Waals surface area contributed by atoms with E-state index in [9.17, 15) is 0 Å². The molecule has 0 radical (unpaired) electrons. The van der Waals surface area contributed by atoms with Crippen LogP contribution in [0, 0.1) is 0 Å². The fourth-order valence-corrected chi connectivity index (χ4v) is 3.58. The third-order valence-electron chi connectivity index (χ3n) is 4.62. The van der Waals surface area contributed by atoms with Crippen molar-refractivity contribution in [1.82, 2.24) is 15.0 Å². The Morgan fingerprint density at radius 2 is 1.67 bits per heavy atom. The number of piperidine rings is 1. The Morgan fingerprint density at radius 3 is 2.43 bits per heavy atom. The van der Waals surface area contributed by atoms with Gasteiger partial charge in [-0.2, -0.15) is 20.1 Å². The number of benzene rings is 2. The van der Waals surface area contributed by atoms with Crippen molar-refractivity contribution in [1.29, 1.82) is 0 Å². The summed E-state index contributed by atoms with van der Waals surface area (Å²) in [4.78, 5) is 15.8. The lowest BCUT2D eigenvalue weighted by Crippen LogP contribution is -2.31. The van der Waals surface area contributed by atoms with E-state index in [0.717, 1.165) is 37.2 Å². The maximum absolute atomic E-state index is 6.19. The fraction of sp³-hybridized carbons (Fsp3) is 0.238. The Hall–Kier alpha value is -2.90. The standard InChI is InChI=1S/C21H21Cl2N7/c22-16-10-9-15(18(23)13-16)14-24-29-20-26-19(25-17-7-3-1-4-8-17)27-21(28-20)30-11-5-2-6-12-30/h1,3-4,7-10,13-14H,2,5-6,11-12H2,(H2,25,26,27,28,29)/b24-14-. The highest BCUT2D eigenvalue weighted by atomic mass is 35.5. The SMILES string of the molecule is Clc1ccc(/C=N\Nc2nc(Nc3ccccc3)nc(N3CCCCC3)n2)c(Cl)c1. The quantitative estimate of drug-likeness (QED) is 0.395. The lowest BCUT2D eigenvalue weighted by atomic mass is 10.1. The second-order valence-electron chi connectivity index (χ2n) is 6.86. The molecule has 30 heavy (non-hydrogen) atoms. The van der Waals surface area contributed by atoms with E-state index >= 15 is 0 Å². The Kier molecular flexibility index (Phi) is 6.61. The molecule has 7 nitrogen and oxygen atoms in total. The van der Waals surface area contributed by atoms with Crippen molar-refractivity contribution >= 4 is 52.9 Å². The molecule has 0 saturated carbocycles. The summed E-state index contributed by atoms with van der Waals surface area (Å²) in [7, 11) is 0. The highest BCUT2D eigenvalue weighted by molar-refractivity contribution is 6.36. The first-order chi connectivity index (χ1) is 14.7. The van der Waals surface area contributed by atoms with E-state index in [-0.39, 0.29) is 0 Å². The molecule has 0 atom stereocenters. The van der Waals surface area contributed by atoms with Gasteiger partial charge in [0.05, 0.1) is 11.2 Å². The number of nitrogens with one attached hydrogen (secondary N) is 2. The van der Waals surface area contributed by atoms with Crippen molar-refractivity contribution in [3.63, 3.8) is 0 Å². The third kappa shape index (κ3) is 5.37. The Bertz CT molecular complexity index is 1020. The third-order valence-corrected chi connectivity index (χ3v) is 5.19. The van der Waals surface area contributed by atoms with Gasteiger partial charge in [-0.1, -0.05) is 47.5 Å². The van der Waals surface area contributed by atoms with Crippen molar-refractivity contribution in [3.8, 4) is 0 Å². The minimum absolute atomic E-state index is 0.352. The van der Waals surface area contributed by atoms with E-state index in [4.69, 9.17) is 23.2 Å². The molecule has 2 heterocycles.